The molecule has 0 N–H and O–H groups in total. The molecule has 1 heterocycles. The van der Waals surface area contributed by atoms with Crippen molar-refractivity contribution in [1.82, 2.24) is 9.13 Å². The molecule has 134 valence electrons. The summed E-state index contributed by atoms with van der Waals surface area (Å²) in [6, 6.07) is 1.95. The van der Waals surface area contributed by atoms with Crippen LogP contribution in [0.25, 0.3) is 5.69 Å². The summed E-state index contributed by atoms with van der Waals surface area (Å²) in [7, 11) is 0. The molecule has 0 bridgehead atoms. The van der Waals surface area contributed by atoms with Crippen molar-refractivity contribution in [2.75, 3.05) is 0 Å². The van der Waals surface area contributed by atoms with Gasteiger partial charge in [-0.1, -0.05) is 11.6 Å². The Balaban J connectivity index is 2.77. The van der Waals surface area contributed by atoms with Crippen LogP contribution in [0.3, 0.4) is 0 Å². The van der Waals surface area contributed by atoms with Gasteiger partial charge in [-0.2, -0.15) is 0 Å². The lowest BCUT2D eigenvalue weighted by Gasteiger charge is -2.14. The molecule has 8 heteroatoms. The van der Waals surface area contributed by atoms with Crippen molar-refractivity contribution in [3.8, 4) is 5.69 Å². The summed E-state index contributed by atoms with van der Waals surface area (Å²) in [5, 5.41) is -0.164. The molecule has 1 aromatic heterocycles. The van der Waals surface area contributed by atoms with Gasteiger partial charge >= 0.3 is 11.7 Å². The Hall–Kier alpha value is -2.41. The van der Waals surface area contributed by atoms with E-state index in [9.17, 15) is 18.8 Å². The smallest absolute Gasteiger partial charge is 0.339 e. The summed E-state index contributed by atoms with van der Waals surface area (Å²) in [6.07, 6.45) is 0.999. The number of hydrogen-bond acceptors (Lipinski definition) is 4. The van der Waals surface area contributed by atoms with Crippen molar-refractivity contribution in [2.45, 2.75) is 40.3 Å². The molecule has 25 heavy (non-hydrogen) atoms. The summed E-state index contributed by atoms with van der Waals surface area (Å²) in [6.45, 7) is 6.85. The van der Waals surface area contributed by atoms with Crippen molar-refractivity contribution in [3.05, 3.63) is 61.1 Å². The predicted octanol–water partition coefficient (Wildman–Crippen LogP) is 2.69. The molecule has 0 fully saturated rings. The molecule has 0 radical (unpaired) electrons. The average Bonchev–Trinajstić information content (AvgIpc) is 2.52. The number of esters is 1. The van der Waals surface area contributed by atoms with E-state index in [1.807, 2.05) is 0 Å². The van der Waals surface area contributed by atoms with Crippen LogP contribution in [0.4, 0.5) is 4.39 Å². The zero-order chi connectivity index (χ0) is 18.9. The maximum absolute atomic E-state index is 14.4. The molecule has 2 aromatic rings. The van der Waals surface area contributed by atoms with Crippen molar-refractivity contribution in [2.24, 2.45) is 0 Å². The highest BCUT2D eigenvalue weighted by atomic mass is 35.5. The van der Waals surface area contributed by atoms with E-state index in [1.54, 1.807) is 20.8 Å². The lowest BCUT2D eigenvalue weighted by atomic mass is 10.2. The minimum absolute atomic E-state index is 0.123. The number of hydrogen-bond donors (Lipinski definition) is 0. The van der Waals surface area contributed by atoms with Crippen LogP contribution < -0.4 is 11.2 Å². The summed E-state index contributed by atoms with van der Waals surface area (Å²) in [5.41, 5.74) is -1.58. The Kier molecular flexibility index (Phi) is 5.47. The second kappa shape index (κ2) is 7.23. The van der Waals surface area contributed by atoms with Crippen LogP contribution in [-0.4, -0.2) is 21.2 Å². The highest BCUT2D eigenvalue weighted by Crippen LogP contribution is 2.23. The first kappa shape index (κ1) is 18.9. The summed E-state index contributed by atoms with van der Waals surface area (Å²) >= 11 is 5.93. The highest BCUT2D eigenvalue weighted by molar-refractivity contribution is 6.33. The van der Waals surface area contributed by atoms with Crippen LogP contribution in [-0.2, 0) is 11.3 Å². The minimum Gasteiger partial charge on any atom is -0.459 e. The van der Waals surface area contributed by atoms with Gasteiger partial charge in [0.15, 0.2) is 0 Å². The van der Waals surface area contributed by atoms with Gasteiger partial charge in [-0.3, -0.25) is 4.79 Å². The quantitative estimate of drug-likeness (QED) is 0.778. The highest BCUT2D eigenvalue weighted by Gasteiger charge is 2.21. The van der Waals surface area contributed by atoms with Gasteiger partial charge in [0.05, 0.1) is 22.4 Å². The number of halogens is 2. The molecule has 0 aliphatic carbocycles. The van der Waals surface area contributed by atoms with Gasteiger partial charge in [0.25, 0.3) is 5.56 Å². The molecule has 2 rings (SSSR count). The van der Waals surface area contributed by atoms with Crippen LogP contribution in [0, 0.1) is 12.7 Å². The number of carbonyl (C=O) groups excluding carboxylic acids is 1. The largest absolute Gasteiger partial charge is 0.459 e. The topological polar surface area (TPSA) is 70.3 Å². The zero-order valence-electron chi connectivity index (χ0n) is 14.3. The molecule has 0 saturated heterocycles. The summed E-state index contributed by atoms with van der Waals surface area (Å²) < 4.78 is 21.5. The van der Waals surface area contributed by atoms with Crippen molar-refractivity contribution >= 4 is 17.6 Å². The van der Waals surface area contributed by atoms with E-state index in [0.717, 1.165) is 12.1 Å². The van der Waals surface area contributed by atoms with Crippen molar-refractivity contribution in [3.63, 3.8) is 0 Å². The monoisotopic (exact) mass is 368 g/mol. The molecule has 0 amide bonds. The fourth-order valence-corrected chi connectivity index (χ4v) is 2.55. The maximum Gasteiger partial charge on any atom is 0.339 e. The molecule has 0 atom stereocenters. The van der Waals surface area contributed by atoms with Crippen LogP contribution in [0.15, 0.2) is 27.9 Å². The van der Waals surface area contributed by atoms with Crippen LogP contribution in [0.2, 0.25) is 5.02 Å². The van der Waals surface area contributed by atoms with E-state index in [1.165, 1.54) is 17.7 Å². The van der Waals surface area contributed by atoms with Crippen LogP contribution in [0.5, 0.6) is 0 Å². The number of ether oxygens (including phenoxy) is 1. The van der Waals surface area contributed by atoms with E-state index in [-0.39, 0.29) is 21.8 Å². The molecular weight excluding hydrogens is 351 g/mol. The van der Waals surface area contributed by atoms with Crippen LogP contribution in [0.1, 0.15) is 36.7 Å². The predicted molar refractivity (Wildman–Crippen MR) is 92.2 cm³/mol. The SMILES string of the molecule is CCn1cc(C)c(=O)n(-c2cc(C(=O)OC(C)C)c(Cl)cc2F)c1=O. The van der Waals surface area contributed by atoms with Crippen molar-refractivity contribution in [1.29, 1.82) is 0 Å². The van der Waals surface area contributed by atoms with Gasteiger partial charge < -0.3 is 9.30 Å². The molecule has 0 aliphatic heterocycles. The van der Waals surface area contributed by atoms with Gasteiger partial charge in [0.2, 0.25) is 0 Å². The fourth-order valence-electron chi connectivity index (χ4n) is 2.32. The first-order valence-corrected chi connectivity index (χ1v) is 8.08. The van der Waals surface area contributed by atoms with E-state index < -0.39 is 29.1 Å². The molecule has 0 spiro atoms. The molecule has 6 nitrogen and oxygen atoms in total. The lowest BCUT2D eigenvalue weighted by molar-refractivity contribution is 0.0378. The Morgan fingerprint density at radius 3 is 2.52 bits per heavy atom. The second-order valence-corrected chi connectivity index (χ2v) is 6.17. The Bertz CT molecular complexity index is 947. The minimum atomic E-state index is -0.890. The number of nitrogens with zero attached hydrogens (tertiary/aromatic N) is 2. The van der Waals surface area contributed by atoms with Gasteiger partial charge in [-0.25, -0.2) is 18.5 Å². The molecule has 0 aliphatic rings. The number of aromatic nitrogens is 2. The van der Waals surface area contributed by atoms with E-state index >= 15 is 0 Å². The van der Waals surface area contributed by atoms with Crippen molar-refractivity contribution < 1.29 is 13.9 Å². The molecule has 1 aromatic carbocycles. The van der Waals surface area contributed by atoms with E-state index in [0.29, 0.717) is 11.1 Å². The number of benzene rings is 1. The Morgan fingerprint density at radius 1 is 1.32 bits per heavy atom. The van der Waals surface area contributed by atoms with Gasteiger partial charge in [-0.05, 0) is 39.8 Å². The first-order chi connectivity index (χ1) is 11.7. The van der Waals surface area contributed by atoms with Gasteiger partial charge in [0.1, 0.15) is 5.82 Å². The van der Waals surface area contributed by atoms with Gasteiger partial charge in [0, 0.05) is 18.3 Å². The normalized spacial score (nSPS) is 11.0. The third-order valence-corrected chi connectivity index (χ3v) is 3.82. The standard InChI is InChI=1S/C17H18ClFN2O4/c1-5-20-8-10(4)15(22)21(17(20)24)14-6-11(12(18)7-13(14)19)16(23)25-9(2)3/h6-9H,5H2,1-4H3. The lowest BCUT2D eigenvalue weighted by Crippen LogP contribution is -2.39. The molecular formula is C17H18ClFN2O4. The average molecular weight is 369 g/mol. The number of rotatable bonds is 4. The van der Waals surface area contributed by atoms with Crippen LogP contribution >= 0.6 is 11.6 Å². The van der Waals surface area contributed by atoms with E-state index in [4.69, 9.17) is 16.3 Å². The second-order valence-electron chi connectivity index (χ2n) is 5.76. The zero-order valence-corrected chi connectivity index (χ0v) is 15.1. The summed E-state index contributed by atoms with van der Waals surface area (Å²) in [4.78, 5) is 37.0. The molecule has 0 saturated carbocycles. The fraction of sp³-hybridized carbons (Fsp3) is 0.353. The van der Waals surface area contributed by atoms with E-state index in [2.05, 4.69) is 0 Å². The Morgan fingerprint density at radius 2 is 1.96 bits per heavy atom. The maximum atomic E-state index is 14.4. The van der Waals surface area contributed by atoms with Gasteiger partial charge in [-0.15, -0.1) is 0 Å². The summed E-state index contributed by atoms with van der Waals surface area (Å²) in [5.74, 6) is -1.66. The number of aryl methyl sites for hydroxylation is 2. The number of carbonyl (C=O) groups is 1. The first-order valence-electron chi connectivity index (χ1n) is 7.70. The molecule has 0 unspecified atom stereocenters. The third kappa shape index (κ3) is 3.66. The third-order valence-electron chi connectivity index (χ3n) is 3.51. The Labute approximate surface area is 148 Å².